The number of carboxylic acids is 1. The predicted octanol–water partition coefficient (Wildman–Crippen LogP) is 5.86. The molecule has 0 spiro atoms. The lowest BCUT2D eigenvalue weighted by molar-refractivity contribution is -0.693. The first-order valence-corrected chi connectivity index (χ1v) is 14.1. The van der Waals surface area contributed by atoms with Gasteiger partial charge in [-0.05, 0) is 61.2 Å². The lowest BCUT2D eigenvalue weighted by Gasteiger charge is -2.24. The van der Waals surface area contributed by atoms with E-state index in [1.807, 2.05) is 6.92 Å². The molecule has 196 valence electrons. The Kier molecular flexibility index (Phi) is 8.75. The van der Waals surface area contributed by atoms with E-state index in [2.05, 4.69) is 83.7 Å². The van der Waals surface area contributed by atoms with Crippen LogP contribution in [0.4, 0.5) is 5.69 Å². The van der Waals surface area contributed by atoms with Gasteiger partial charge in [0, 0.05) is 23.6 Å². The Morgan fingerprint density at radius 2 is 1.95 bits per heavy atom. The molecule has 1 aromatic heterocycles. The molecule has 2 heterocycles. The maximum atomic E-state index is 11.7. The van der Waals surface area contributed by atoms with Crippen LogP contribution in [0.2, 0.25) is 0 Å². The van der Waals surface area contributed by atoms with Gasteiger partial charge in [0.1, 0.15) is 11.2 Å². The van der Waals surface area contributed by atoms with Gasteiger partial charge in [-0.1, -0.05) is 61.9 Å². The fourth-order valence-electron chi connectivity index (χ4n) is 4.35. The Morgan fingerprint density at radius 3 is 2.65 bits per heavy atom. The second-order valence-corrected chi connectivity index (χ2v) is 11.8. The predicted molar refractivity (Wildman–Crippen MR) is 149 cm³/mol. The van der Waals surface area contributed by atoms with E-state index in [1.165, 1.54) is 16.9 Å². The molecule has 2 atom stereocenters. The molecule has 37 heavy (non-hydrogen) atoms. The molecule has 4 rings (SSSR count). The van der Waals surface area contributed by atoms with Crippen molar-refractivity contribution in [2.75, 3.05) is 11.4 Å². The van der Waals surface area contributed by atoms with Crippen molar-refractivity contribution in [2.24, 2.45) is 11.8 Å². The van der Waals surface area contributed by atoms with Crippen molar-refractivity contribution in [1.29, 1.82) is 0 Å². The van der Waals surface area contributed by atoms with Gasteiger partial charge in [0.2, 0.25) is 5.52 Å². The molecule has 0 saturated carbocycles. The summed E-state index contributed by atoms with van der Waals surface area (Å²) in [6.45, 7) is 12.4. The number of carboxylic acid groups (broad SMARTS) is 1. The molecular weight excluding hydrogens is 504 g/mol. The SMILES string of the molecule is CCC(=Cc1sc2ccc(C)cc2[n+]1CC(C)[CH-]O[O-])C=C1Sc2ccc(C)cc2N1CC(C)C(=O)O. The molecule has 8 heteroatoms. The molecule has 3 aromatic rings. The maximum absolute atomic E-state index is 11.7. The second kappa shape index (κ2) is 11.8. The van der Waals surface area contributed by atoms with Crippen LogP contribution in [0.25, 0.3) is 16.3 Å². The van der Waals surface area contributed by atoms with Crippen molar-refractivity contribution in [3.05, 3.63) is 75.8 Å². The van der Waals surface area contributed by atoms with Gasteiger partial charge in [0.25, 0.3) is 5.01 Å². The monoisotopic (exact) mass is 537 g/mol. The average Bonchev–Trinajstić information content (AvgIpc) is 3.35. The first kappa shape index (κ1) is 27.4. The number of rotatable bonds is 10. The van der Waals surface area contributed by atoms with E-state index < -0.39 is 11.9 Å². The number of fused-ring (bicyclic) bond motifs is 2. The molecule has 0 saturated heterocycles. The number of aliphatic carboxylic acids is 1. The lowest BCUT2D eigenvalue weighted by Crippen LogP contribution is -2.39. The summed E-state index contributed by atoms with van der Waals surface area (Å²) >= 11 is 3.41. The van der Waals surface area contributed by atoms with Crippen LogP contribution in [-0.4, -0.2) is 17.6 Å². The van der Waals surface area contributed by atoms with Gasteiger partial charge < -0.3 is 20.2 Å². The van der Waals surface area contributed by atoms with Crippen LogP contribution >= 0.6 is 23.1 Å². The molecule has 1 aliphatic heterocycles. The number of benzene rings is 2. The Labute approximate surface area is 226 Å². The molecule has 0 fully saturated rings. The lowest BCUT2D eigenvalue weighted by atomic mass is 10.1. The number of thiazole rings is 1. The Morgan fingerprint density at radius 1 is 1.22 bits per heavy atom. The van der Waals surface area contributed by atoms with E-state index in [0.29, 0.717) is 13.1 Å². The fraction of sp³-hybridized carbons (Fsp3) is 0.345. The van der Waals surface area contributed by atoms with Gasteiger partial charge in [-0.15, -0.1) is 0 Å². The Balaban J connectivity index is 1.76. The minimum absolute atomic E-state index is 0.0486. The molecule has 2 aromatic carbocycles. The van der Waals surface area contributed by atoms with Crippen LogP contribution in [0.15, 0.2) is 58.0 Å². The molecule has 0 aliphatic carbocycles. The molecule has 0 amide bonds. The zero-order valence-electron chi connectivity index (χ0n) is 21.9. The van der Waals surface area contributed by atoms with Crippen LogP contribution in [0, 0.1) is 32.3 Å². The molecular formula is C29H33N2O4S2-. The number of allylic oxidation sites excluding steroid dienone is 2. The number of thioether (sulfide) groups is 1. The smallest absolute Gasteiger partial charge is 0.308 e. The standard InChI is InChI=1S/C29H34N2O4S2/c1-6-22(13-27-30(15-20(4)17-35-34)23-11-18(2)7-9-25(23)36-27)14-28-31(16-21(5)29(32)33)24-12-19(3)8-10-26(24)37-28/h7-14,17,20-21,34H,6,15-16H2,1-5H3,(H,32,33)/p-1. The highest BCUT2D eigenvalue weighted by Crippen LogP contribution is 2.47. The number of carbonyl (C=O) groups is 1. The minimum atomic E-state index is -0.800. The summed E-state index contributed by atoms with van der Waals surface area (Å²) in [6, 6.07) is 12.8. The first-order valence-electron chi connectivity index (χ1n) is 12.5. The molecule has 0 bridgehead atoms. The van der Waals surface area contributed by atoms with Gasteiger partial charge in [0.05, 0.1) is 16.6 Å². The number of aromatic nitrogens is 1. The Bertz CT molecular complexity index is 1360. The summed E-state index contributed by atoms with van der Waals surface area (Å²) in [7, 11) is 0. The number of anilines is 1. The van der Waals surface area contributed by atoms with Gasteiger partial charge in [-0.2, -0.15) is 4.57 Å². The summed E-state index contributed by atoms with van der Waals surface area (Å²) in [4.78, 5) is 19.0. The summed E-state index contributed by atoms with van der Waals surface area (Å²) in [6.07, 6.45) is 5.22. The van der Waals surface area contributed by atoms with Crippen LogP contribution in [0.5, 0.6) is 0 Å². The average molecular weight is 538 g/mol. The van der Waals surface area contributed by atoms with Crippen molar-refractivity contribution in [3.63, 3.8) is 0 Å². The molecule has 6 nitrogen and oxygen atoms in total. The van der Waals surface area contributed by atoms with Crippen LogP contribution < -0.4 is 14.7 Å². The molecule has 2 unspecified atom stereocenters. The highest BCUT2D eigenvalue weighted by Gasteiger charge is 2.29. The van der Waals surface area contributed by atoms with Gasteiger partial charge >= 0.3 is 5.97 Å². The molecule has 1 N–H and O–H groups in total. The van der Waals surface area contributed by atoms with Gasteiger partial charge in [0.15, 0.2) is 0 Å². The quantitative estimate of drug-likeness (QED) is 0.151. The molecule has 1 aliphatic rings. The van der Waals surface area contributed by atoms with Crippen molar-refractivity contribution < 1.29 is 24.6 Å². The third-order valence-corrected chi connectivity index (χ3v) is 8.66. The maximum Gasteiger partial charge on any atom is 0.308 e. The topological polar surface area (TPSA) is 76.7 Å². The van der Waals surface area contributed by atoms with Crippen molar-refractivity contribution in [3.8, 4) is 0 Å². The Hall–Kier alpha value is -2.65. The zero-order chi connectivity index (χ0) is 26.7. The first-order chi connectivity index (χ1) is 17.7. The highest BCUT2D eigenvalue weighted by atomic mass is 32.2. The van der Waals surface area contributed by atoms with Gasteiger partial charge in [-0.3, -0.25) is 4.79 Å². The fourth-order valence-corrected chi connectivity index (χ4v) is 6.61. The van der Waals surface area contributed by atoms with E-state index in [4.69, 9.17) is 0 Å². The highest BCUT2D eigenvalue weighted by molar-refractivity contribution is 8.03. The normalized spacial score (nSPS) is 16.4. The number of hydrogen-bond acceptors (Lipinski definition) is 6. The summed E-state index contributed by atoms with van der Waals surface area (Å²) in [5, 5.41) is 22.4. The van der Waals surface area contributed by atoms with Crippen LogP contribution in [-0.2, 0) is 16.2 Å². The van der Waals surface area contributed by atoms with Crippen LogP contribution in [0.3, 0.4) is 0 Å². The third kappa shape index (κ3) is 6.26. The van der Waals surface area contributed by atoms with E-state index >= 15 is 0 Å². The number of aryl methyl sites for hydroxylation is 2. The van der Waals surface area contributed by atoms with Crippen molar-refractivity contribution in [1.82, 2.24) is 0 Å². The van der Waals surface area contributed by atoms with E-state index in [0.717, 1.165) is 43.7 Å². The van der Waals surface area contributed by atoms with Crippen molar-refractivity contribution >= 4 is 51.0 Å². The third-order valence-electron chi connectivity index (χ3n) is 6.43. The van der Waals surface area contributed by atoms with E-state index in [-0.39, 0.29) is 5.92 Å². The van der Waals surface area contributed by atoms with Crippen molar-refractivity contribution in [2.45, 2.75) is 52.5 Å². The van der Waals surface area contributed by atoms with Crippen LogP contribution in [0.1, 0.15) is 43.3 Å². The largest absolute Gasteiger partial charge is 0.759 e. The zero-order valence-corrected chi connectivity index (χ0v) is 23.5. The summed E-state index contributed by atoms with van der Waals surface area (Å²) in [5.74, 6) is -1.35. The summed E-state index contributed by atoms with van der Waals surface area (Å²) in [5.41, 5.74) is 5.68. The second-order valence-electron chi connectivity index (χ2n) is 9.71. The van der Waals surface area contributed by atoms with E-state index in [1.54, 1.807) is 30.0 Å². The van der Waals surface area contributed by atoms with E-state index in [9.17, 15) is 15.2 Å². The summed E-state index contributed by atoms with van der Waals surface area (Å²) < 4.78 is 3.44. The number of nitrogens with zero attached hydrogens (tertiary/aromatic N) is 2. The molecule has 0 radical (unpaired) electrons. The van der Waals surface area contributed by atoms with Gasteiger partial charge in [-0.25, -0.2) is 6.61 Å². The number of hydrogen-bond donors (Lipinski definition) is 1. The minimum Gasteiger partial charge on any atom is -0.759 e.